The molecule has 6 rings (SSSR count). The standard InChI is InChI=1S/C21H21N7O.C2HF3O2/c1-2-17(23-7-1)19-26-21(29-27-19)15-10-18(14-3-4-14)25-20-16(15)11-24-28(20)12-13-5-8-22-9-6-13;3-2(4,5)1(6)7/h5-6,8-11,14,17,23H,1-4,7,12H2;(H,6,7). The minimum Gasteiger partial charge on any atom is -0.475 e. The van der Waals surface area contributed by atoms with E-state index in [4.69, 9.17) is 24.4 Å². The van der Waals surface area contributed by atoms with Crippen molar-refractivity contribution in [1.82, 2.24) is 35.2 Å². The van der Waals surface area contributed by atoms with Gasteiger partial charge in [0.25, 0.3) is 5.89 Å². The number of alkyl halides is 3. The van der Waals surface area contributed by atoms with Crippen molar-refractivity contribution in [2.24, 2.45) is 0 Å². The van der Waals surface area contributed by atoms with E-state index in [2.05, 4.69) is 26.6 Å². The highest BCUT2D eigenvalue weighted by Gasteiger charge is 2.38. The second-order valence-corrected chi connectivity index (χ2v) is 8.67. The average molecular weight is 501 g/mol. The quantitative estimate of drug-likeness (QED) is 0.418. The number of halogens is 3. The highest BCUT2D eigenvalue weighted by molar-refractivity contribution is 5.90. The van der Waals surface area contributed by atoms with Gasteiger partial charge in [-0.2, -0.15) is 23.3 Å². The van der Waals surface area contributed by atoms with Crippen LogP contribution < -0.4 is 5.32 Å². The summed E-state index contributed by atoms with van der Waals surface area (Å²) < 4.78 is 39.4. The van der Waals surface area contributed by atoms with Crippen LogP contribution in [0.5, 0.6) is 0 Å². The fourth-order valence-electron chi connectivity index (χ4n) is 4.00. The van der Waals surface area contributed by atoms with Gasteiger partial charge in [0, 0.05) is 24.0 Å². The Balaban J connectivity index is 0.000000338. The lowest BCUT2D eigenvalue weighted by Crippen LogP contribution is -2.21. The Morgan fingerprint density at radius 3 is 2.58 bits per heavy atom. The number of aromatic nitrogens is 6. The Morgan fingerprint density at radius 2 is 1.94 bits per heavy atom. The molecule has 10 nitrogen and oxygen atoms in total. The van der Waals surface area contributed by atoms with Crippen molar-refractivity contribution in [1.29, 1.82) is 0 Å². The van der Waals surface area contributed by atoms with Gasteiger partial charge in [0.1, 0.15) is 0 Å². The highest BCUT2D eigenvalue weighted by atomic mass is 19.4. The van der Waals surface area contributed by atoms with Crippen LogP contribution in [0.2, 0.25) is 0 Å². The van der Waals surface area contributed by atoms with Gasteiger partial charge < -0.3 is 14.9 Å². The van der Waals surface area contributed by atoms with Crippen LogP contribution in [0.15, 0.2) is 41.3 Å². The van der Waals surface area contributed by atoms with Crippen LogP contribution in [-0.2, 0) is 11.3 Å². The van der Waals surface area contributed by atoms with Crippen molar-refractivity contribution < 1.29 is 27.6 Å². The lowest BCUT2D eigenvalue weighted by molar-refractivity contribution is -0.192. The molecular formula is C23H22F3N7O3. The molecule has 36 heavy (non-hydrogen) atoms. The number of aliphatic carboxylic acids is 1. The summed E-state index contributed by atoms with van der Waals surface area (Å²) in [5.74, 6) is -0.958. The first-order chi connectivity index (χ1) is 17.3. The molecule has 1 aliphatic carbocycles. The van der Waals surface area contributed by atoms with Crippen LogP contribution in [-0.4, -0.2) is 53.7 Å². The molecule has 4 aromatic heterocycles. The van der Waals surface area contributed by atoms with Gasteiger partial charge in [-0.05, 0) is 56.0 Å². The largest absolute Gasteiger partial charge is 0.490 e. The van der Waals surface area contributed by atoms with E-state index in [0.717, 1.165) is 53.1 Å². The third kappa shape index (κ3) is 5.20. The molecule has 2 N–H and O–H groups in total. The predicted molar refractivity (Wildman–Crippen MR) is 120 cm³/mol. The normalized spacial score (nSPS) is 17.7. The molecule has 1 saturated carbocycles. The predicted octanol–water partition coefficient (Wildman–Crippen LogP) is 3.86. The molecule has 0 amide bonds. The third-order valence-corrected chi connectivity index (χ3v) is 5.99. The number of carboxylic acid groups (broad SMARTS) is 1. The highest BCUT2D eigenvalue weighted by Crippen LogP contribution is 2.41. The molecule has 0 radical (unpaired) electrons. The maximum Gasteiger partial charge on any atom is 0.490 e. The number of pyridine rings is 2. The van der Waals surface area contributed by atoms with Crippen molar-refractivity contribution in [2.45, 2.75) is 50.4 Å². The van der Waals surface area contributed by atoms with Gasteiger partial charge in [-0.15, -0.1) is 0 Å². The second-order valence-electron chi connectivity index (χ2n) is 8.67. The van der Waals surface area contributed by atoms with Gasteiger partial charge in [-0.25, -0.2) is 14.5 Å². The number of rotatable bonds is 5. The zero-order valence-electron chi connectivity index (χ0n) is 18.9. The molecule has 2 fully saturated rings. The lowest BCUT2D eigenvalue weighted by atomic mass is 10.1. The Kier molecular flexibility index (Phi) is 6.39. The van der Waals surface area contributed by atoms with E-state index >= 15 is 0 Å². The fraction of sp³-hybridized carbons (Fsp3) is 0.391. The fourth-order valence-corrected chi connectivity index (χ4v) is 4.00. The summed E-state index contributed by atoms with van der Waals surface area (Å²) >= 11 is 0. The van der Waals surface area contributed by atoms with E-state index in [1.807, 2.05) is 23.0 Å². The van der Waals surface area contributed by atoms with Gasteiger partial charge in [-0.3, -0.25) is 4.98 Å². The first-order valence-corrected chi connectivity index (χ1v) is 11.4. The third-order valence-electron chi connectivity index (χ3n) is 5.99. The van der Waals surface area contributed by atoms with E-state index in [-0.39, 0.29) is 6.04 Å². The number of hydrogen-bond donors (Lipinski definition) is 2. The number of fused-ring (bicyclic) bond motifs is 1. The van der Waals surface area contributed by atoms with E-state index in [1.54, 1.807) is 12.4 Å². The number of carboxylic acids is 1. The minimum absolute atomic E-state index is 0.183. The summed E-state index contributed by atoms with van der Waals surface area (Å²) in [5, 5.41) is 20.4. The van der Waals surface area contributed by atoms with Crippen LogP contribution in [0.1, 0.15) is 54.7 Å². The van der Waals surface area contributed by atoms with E-state index in [1.165, 1.54) is 12.8 Å². The molecule has 1 atom stereocenters. The van der Waals surface area contributed by atoms with Crippen molar-refractivity contribution >= 4 is 17.0 Å². The zero-order chi connectivity index (χ0) is 25.3. The molecule has 1 saturated heterocycles. The molecule has 0 bridgehead atoms. The molecular weight excluding hydrogens is 479 g/mol. The molecule has 13 heteroatoms. The molecule has 1 unspecified atom stereocenters. The summed E-state index contributed by atoms with van der Waals surface area (Å²) in [5.41, 5.74) is 4.01. The minimum atomic E-state index is -5.08. The molecule has 1 aliphatic heterocycles. The van der Waals surface area contributed by atoms with Gasteiger partial charge >= 0.3 is 12.1 Å². The topological polar surface area (TPSA) is 132 Å². The van der Waals surface area contributed by atoms with Gasteiger partial charge in [0.2, 0.25) is 0 Å². The Morgan fingerprint density at radius 1 is 1.19 bits per heavy atom. The molecule has 188 valence electrons. The van der Waals surface area contributed by atoms with Crippen molar-refractivity contribution in [3.8, 4) is 11.5 Å². The summed E-state index contributed by atoms with van der Waals surface area (Å²) in [6.07, 6.45) is 4.91. The van der Waals surface area contributed by atoms with E-state index in [0.29, 0.717) is 18.4 Å². The zero-order valence-corrected chi connectivity index (χ0v) is 18.9. The van der Waals surface area contributed by atoms with Crippen LogP contribution in [0.3, 0.4) is 0 Å². The number of nitrogens with zero attached hydrogens (tertiary/aromatic N) is 6. The first kappa shape index (κ1) is 23.9. The maximum absolute atomic E-state index is 10.6. The van der Waals surface area contributed by atoms with E-state index < -0.39 is 12.1 Å². The number of carbonyl (C=O) groups is 1. The summed E-state index contributed by atoms with van der Waals surface area (Å²) in [6.45, 7) is 1.65. The maximum atomic E-state index is 10.6. The molecule has 2 aliphatic rings. The lowest BCUT2D eigenvalue weighted by Gasteiger charge is -2.06. The summed E-state index contributed by atoms with van der Waals surface area (Å²) in [4.78, 5) is 22.6. The number of hydrogen-bond acceptors (Lipinski definition) is 8. The summed E-state index contributed by atoms with van der Waals surface area (Å²) in [7, 11) is 0. The Hall–Kier alpha value is -3.87. The SMILES string of the molecule is O=C(O)C(F)(F)F.c1cc(Cn2ncc3c(-c4nc(C5CCCN5)no4)cc(C4CC4)nc32)ccn1. The smallest absolute Gasteiger partial charge is 0.475 e. The van der Waals surface area contributed by atoms with Gasteiger partial charge in [0.15, 0.2) is 11.5 Å². The van der Waals surface area contributed by atoms with Crippen molar-refractivity contribution in [3.05, 3.63) is 53.9 Å². The van der Waals surface area contributed by atoms with Crippen LogP contribution >= 0.6 is 0 Å². The Labute approximate surface area is 202 Å². The first-order valence-electron chi connectivity index (χ1n) is 11.4. The summed E-state index contributed by atoms with van der Waals surface area (Å²) in [6, 6.07) is 6.29. The molecule has 5 heterocycles. The monoisotopic (exact) mass is 501 g/mol. The van der Waals surface area contributed by atoms with E-state index in [9.17, 15) is 13.2 Å². The Bertz CT molecular complexity index is 1360. The van der Waals surface area contributed by atoms with Crippen LogP contribution in [0, 0.1) is 0 Å². The van der Waals surface area contributed by atoms with Crippen molar-refractivity contribution in [2.75, 3.05) is 6.54 Å². The average Bonchev–Trinajstić information content (AvgIpc) is 3.23. The van der Waals surface area contributed by atoms with Gasteiger partial charge in [-0.1, -0.05) is 5.16 Å². The molecule has 0 aromatic carbocycles. The number of nitrogens with one attached hydrogen (secondary N) is 1. The van der Waals surface area contributed by atoms with Crippen molar-refractivity contribution in [3.63, 3.8) is 0 Å². The second kappa shape index (κ2) is 9.64. The molecule has 4 aromatic rings. The molecule has 0 spiro atoms. The van der Waals surface area contributed by atoms with Crippen LogP contribution in [0.4, 0.5) is 13.2 Å². The van der Waals surface area contributed by atoms with Crippen LogP contribution in [0.25, 0.3) is 22.5 Å². The van der Waals surface area contributed by atoms with Gasteiger partial charge in [0.05, 0.1) is 29.7 Å².